The zero-order valence-electron chi connectivity index (χ0n) is 4.77. The Morgan fingerprint density at radius 2 is 2.10 bits per heavy atom. The number of alkyl halides is 3. The Labute approximate surface area is 61.8 Å². The Bertz CT molecular complexity index is 191. The number of rotatable bonds is 1. The predicted octanol–water partition coefficient (Wildman–Crippen LogP) is 0.864. The second-order valence-corrected chi connectivity index (χ2v) is 3.98. The van der Waals surface area contributed by atoms with Crippen LogP contribution in [0.25, 0.3) is 0 Å². The first-order valence-electron chi connectivity index (χ1n) is 2.46. The van der Waals surface area contributed by atoms with E-state index in [-0.39, 0.29) is 0 Å². The van der Waals surface area contributed by atoms with Gasteiger partial charge in [0.15, 0.2) is 0 Å². The average Bonchev–Trinajstić information content (AvgIpc) is 2.12. The van der Waals surface area contributed by atoms with Gasteiger partial charge in [0.05, 0.1) is 0 Å². The molecule has 0 saturated carbocycles. The fraction of sp³-hybridized carbons (Fsp3) is 0.200. The number of H-pyrrole nitrogens is 1. The van der Waals surface area contributed by atoms with Crippen molar-refractivity contribution in [3.63, 3.8) is 0 Å². The van der Waals surface area contributed by atoms with Crippen LogP contribution in [0.3, 0.4) is 0 Å². The molecule has 0 unspecified atom stereocenters. The Hall–Kier alpha value is -0.411. The van der Waals surface area contributed by atoms with Gasteiger partial charge in [-0.2, -0.15) is 0 Å². The van der Waals surface area contributed by atoms with Crippen LogP contribution in [0.1, 0.15) is 0 Å². The maximum absolute atomic E-state index is 11.6. The van der Waals surface area contributed by atoms with Crippen molar-refractivity contribution in [1.82, 2.24) is 4.98 Å². The van der Waals surface area contributed by atoms with E-state index in [2.05, 4.69) is 4.98 Å². The van der Waals surface area contributed by atoms with Gasteiger partial charge in [-0.3, -0.25) is 0 Å². The summed E-state index contributed by atoms with van der Waals surface area (Å²) < 4.78 is 35.2. The second-order valence-electron chi connectivity index (χ2n) is 1.59. The molecule has 0 fully saturated rings. The number of aromatic amines is 1. The van der Waals surface area contributed by atoms with Gasteiger partial charge in [-0.15, -0.1) is 0 Å². The van der Waals surface area contributed by atoms with Crippen LogP contribution in [0, 0.1) is 0 Å². The van der Waals surface area contributed by atoms with E-state index in [9.17, 15) is 13.2 Å². The molecule has 0 amide bonds. The molecular formula is C5H4F3NSe. The van der Waals surface area contributed by atoms with Crippen molar-refractivity contribution >= 4 is 19.4 Å². The monoisotopic (exact) mass is 215 g/mol. The zero-order valence-corrected chi connectivity index (χ0v) is 6.49. The summed E-state index contributed by atoms with van der Waals surface area (Å²) in [4.78, 5) is 2.57. The number of aromatic nitrogens is 1. The fourth-order valence-electron chi connectivity index (χ4n) is 0.506. The number of nitrogens with one attached hydrogen (secondary N) is 1. The summed E-state index contributed by atoms with van der Waals surface area (Å²) in [5, 5.41) is -4.03. The second kappa shape index (κ2) is 2.68. The fourth-order valence-corrected chi connectivity index (χ4v) is 1.62. The van der Waals surface area contributed by atoms with Gasteiger partial charge >= 0.3 is 61.1 Å². The van der Waals surface area contributed by atoms with E-state index in [0.29, 0.717) is 4.46 Å². The Morgan fingerprint density at radius 3 is 2.50 bits per heavy atom. The van der Waals surface area contributed by atoms with Crippen molar-refractivity contribution in [2.24, 2.45) is 0 Å². The van der Waals surface area contributed by atoms with E-state index in [1.165, 1.54) is 18.5 Å². The molecule has 1 aromatic heterocycles. The van der Waals surface area contributed by atoms with Crippen molar-refractivity contribution in [2.45, 2.75) is 5.07 Å². The van der Waals surface area contributed by atoms with Crippen molar-refractivity contribution in [3.05, 3.63) is 18.5 Å². The molecule has 0 aromatic carbocycles. The predicted molar refractivity (Wildman–Crippen MR) is 32.2 cm³/mol. The first kappa shape index (κ1) is 7.69. The summed E-state index contributed by atoms with van der Waals surface area (Å²) >= 11 is -1.40. The molecule has 0 saturated heterocycles. The van der Waals surface area contributed by atoms with Crippen LogP contribution >= 0.6 is 0 Å². The summed E-state index contributed by atoms with van der Waals surface area (Å²) in [6, 6.07) is 1.44. The molecule has 0 aliphatic heterocycles. The summed E-state index contributed by atoms with van der Waals surface area (Å²) in [6.07, 6.45) is 2.86. The molecule has 0 radical (unpaired) electrons. The Morgan fingerprint density at radius 1 is 1.40 bits per heavy atom. The molecule has 1 N–H and O–H groups in total. The van der Waals surface area contributed by atoms with Gasteiger partial charge in [0.1, 0.15) is 0 Å². The van der Waals surface area contributed by atoms with Crippen LogP contribution < -0.4 is 4.46 Å². The molecule has 1 aromatic rings. The quantitative estimate of drug-likeness (QED) is 0.667. The van der Waals surface area contributed by atoms with Crippen LogP contribution in [0.5, 0.6) is 0 Å². The first-order chi connectivity index (χ1) is 4.58. The molecular weight excluding hydrogens is 210 g/mol. The molecule has 0 bridgehead atoms. The van der Waals surface area contributed by atoms with Crippen LogP contribution in [-0.2, 0) is 0 Å². The third kappa shape index (κ3) is 2.45. The molecule has 5 heteroatoms. The third-order valence-corrected chi connectivity index (χ3v) is 2.32. The first-order valence-corrected chi connectivity index (χ1v) is 4.18. The van der Waals surface area contributed by atoms with Crippen molar-refractivity contribution in [1.29, 1.82) is 0 Å². The minimum atomic E-state index is -4.03. The van der Waals surface area contributed by atoms with Gasteiger partial charge in [-0.05, 0) is 0 Å². The molecule has 1 rings (SSSR count). The van der Waals surface area contributed by atoms with E-state index in [4.69, 9.17) is 0 Å². The molecule has 0 aliphatic rings. The van der Waals surface area contributed by atoms with Gasteiger partial charge in [-0.1, -0.05) is 0 Å². The Balaban J connectivity index is 2.57. The van der Waals surface area contributed by atoms with E-state index < -0.39 is 20.0 Å². The van der Waals surface area contributed by atoms with E-state index >= 15 is 0 Å². The number of hydrogen-bond donors (Lipinski definition) is 1. The van der Waals surface area contributed by atoms with Crippen molar-refractivity contribution < 1.29 is 13.2 Å². The SMILES string of the molecule is FC(F)(F)[Se]c1cc[nH]c1. The summed E-state index contributed by atoms with van der Waals surface area (Å²) in [6.45, 7) is 0. The molecule has 10 heavy (non-hydrogen) atoms. The van der Waals surface area contributed by atoms with Gasteiger partial charge in [0, 0.05) is 0 Å². The molecule has 0 spiro atoms. The van der Waals surface area contributed by atoms with Crippen LogP contribution in [0.4, 0.5) is 13.2 Å². The molecule has 56 valence electrons. The molecule has 1 nitrogen and oxygen atoms in total. The van der Waals surface area contributed by atoms with Gasteiger partial charge in [-0.25, -0.2) is 0 Å². The van der Waals surface area contributed by atoms with Crippen molar-refractivity contribution in [2.75, 3.05) is 0 Å². The topological polar surface area (TPSA) is 15.8 Å². The van der Waals surface area contributed by atoms with Crippen LogP contribution in [0.2, 0.25) is 0 Å². The van der Waals surface area contributed by atoms with E-state index in [1.807, 2.05) is 0 Å². The zero-order chi connectivity index (χ0) is 7.61. The third-order valence-electron chi connectivity index (χ3n) is 0.803. The number of hydrogen-bond acceptors (Lipinski definition) is 0. The maximum atomic E-state index is 11.6. The molecule has 0 atom stereocenters. The summed E-state index contributed by atoms with van der Waals surface area (Å²) in [7, 11) is 0. The standard InChI is InChI=1S/C5H4F3NSe/c6-5(7,8)10-4-1-2-9-3-4/h1-3,9H. The van der Waals surface area contributed by atoms with E-state index in [1.54, 1.807) is 0 Å². The Kier molecular flexibility index (Phi) is 2.06. The van der Waals surface area contributed by atoms with E-state index in [0.717, 1.165) is 0 Å². The molecule has 1 heterocycles. The van der Waals surface area contributed by atoms with Gasteiger partial charge in [0.25, 0.3) is 0 Å². The number of halogens is 3. The van der Waals surface area contributed by atoms with Crippen molar-refractivity contribution in [3.8, 4) is 0 Å². The summed E-state index contributed by atoms with van der Waals surface area (Å²) in [5.41, 5.74) is 0. The van der Waals surface area contributed by atoms with Crippen LogP contribution in [0.15, 0.2) is 18.5 Å². The van der Waals surface area contributed by atoms with Gasteiger partial charge in [0.2, 0.25) is 0 Å². The minimum absolute atomic E-state index is 0.333. The average molecular weight is 214 g/mol. The normalized spacial score (nSPS) is 11.9. The van der Waals surface area contributed by atoms with Crippen LogP contribution in [-0.4, -0.2) is 25.0 Å². The molecule has 0 aliphatic carbocycles. The summed E-state index contributed by atoms with van der Waals surface area (Å²) in [5.74, 6) is 0. The van der Waals surface area contributed by atoms with Gasteiger partial charge < -0.3 is 0 Å².